The molecule has 0 fully saturated rings. The molecule has 0 unspecified atom stereocenters. The number of halogens is 3. The molecule has 0 aliphatic rings. The molecule has 168 valence electrons. The molecule has 9 nitrogen and oxygen atoms in total. The lowest BCUT2D eigenvalue weighted by Crippen LogP contribution is -2.16. The summed E-state index contributed by atoms with van der Waals surface area (Å²) in [5, 5.41) is 24.6. The summed E-state index contributed by atoms with van der Waals surface area (Å²) in [6, 6.07) is 9.26. The van der Waals surface area contributed by atoms with Gasteiger partial charge in [0.25, 0.3) is 5.69 Å². The van der Waals surface area contributed by atoms with Crippen molar-refractivity contribution in [2.75, 3.05) is 16.4 Å². The number of carbonyl (C=O) groups excluding carboxylic acids is 1. The Morgan fingerprint density at radius 1 is 1.22 bits per heavy atom. The summed E-state index contributed by atoms with van der Waals surface area (Å²) in [4.78, 5) is 22.4. The largest absolute Gasteiger partial charge is 0.573 e. The highest BCUT2D eigenvalue weighted by Gasteiger charge is 2.30. The SMILES string of the molecule is Cc1cc([N+](=O)[O-])ccc1NC(=O)CSc1nnc(Nc2ccc(OC(F)(F)F)cc2)s1. The molecule has 3 rings (SSSR count). The van der Waals surface area contributed by atoms with Crippen LogP contribution in [0.4, 0.5) is 35.4 Å². The first-order valence-corrected chi connectivity index (χ1v) is 10.5. The fraction of sp³-hybridized carbons (Fsp3) is 0.167. The molecule has 2 N–H and O–H groups in total. The molecule has 0 aliphatic heterocycles. The molecule has 0 bridgehead atoms. The molecule has 2 aromatic carbocycles. The Hall–Kier alpha value is -3.39. The Bertz CT molecular complexity index is 1120. The van der Waals surface area contributed by atoms with E-state index in [1.54, 1.807) is 6.92 Å². The van der Waals surface area contributed by atoms with Crippen molar-refractivity contribution in [3.8, 4) is 5.75 Å². The number of ether oxygens (including phenoxy) is 1. The van der Waals surface area contributed by atoms with Gasteiger partial charge in [-0.15, -0.1) is 23.4 Å². The number of nitro groups is 1. The molecule has 3 aromatic rings. The van der Waals surface area contributed by atoms with Crippen LogP contribution >= 0.6 is 23.1 Å². The Balaban J connectivity index is 1.51. The number of anilines is 3. The first-order chi connectivity index (χ1) is 15.1. The fourth-order valence-corrected chi connectivity index (χ4v) is 3.97. The van der Waals surface area contributed by atoms with Crippen LogP contribution in [-0.4, -0.2) is 33.1 Å². The van der Waals surface area contributed by atoms with Crippen molar-refractivity contribution >= 4 is 51.2 Å². The molecule has 0 atom stereocenters. The molecule has 1 aromatic heterocycles. The lowest BCUT2D eigenvalue weighted by atomic mass is 10.2. The van der Waals surface area contributed by atoms with Gasteiger partial charge >= 0.3 is 6.36 Å². The van der Waals surface area contributed by atoms with Crippen LogP contribution in [0.25, 0.3) is 0 Å². The van der Waals surface area contributed by atoms with Crippen molar-refractivity contribution in [1.82, 2.24) is 10.2 Å². The monoisotopic (exact) mass is 485 g/mol. The van der Waals surface area contributed by atoms with E-state index in [9.17, 15) is 28.1 Å². The predicted octanol–water partition coefficient (Wildman–Crippen LogP) is 5.13. The predicted molar refractivity (Wildman–Crippen MR) is 114 cm³/mol. The minimum Gasteiger partial charge on any atom is -0.406 e. The van der Waals surface area contributed by atoms with Crippen LogP contribution in [0.2, 0.25) is 0 Å². The van der Waals surface area contributed by atoms with Gasteiger partial charge in [-0.25, -0.2) is 0 Å². The number of nitro benzene ring substituents is 1. The number of hydrogen-bond acceptors (Lipinski definition) is 9. The lowest BCUT2D eigenvalue weighted by molar-refractivity contribution is -0.384. The zero-order chi connectivity index (χ0) is 23.3. The number of alkyl halides is 3. The summed E-state index contributed by atoms with van der Waals surface area (Å²) in [5.41, 5.74) is 1.45. The van der Waals surface area contributed by atoms with E-state index < -0.39 is 11.3 Å². The molecule has 0 aliphatic carbocycles. The van der Waals surface area contributed by atoms with Gasteiger partial charge in [0.05, 0.1) is 10.7 Å². The molecule has 0 saturated heterocycles. The molecule has 0 saturated carbocycles. The van der Waals surface area contributed by atoms with Gasteiger partial charge in [0.15, 0.2) is 4.34 Å². The summed E-state index contributed by atoms with van der Waals surface area (Å²) in [7, 11) is 0. The third-order valence-electron chi connectivity index (χ3n) is 3.77. The Kier molecular flexibility index (Phi) is 7.15. The normalized spacial score (nSPS) is 11.1. The number of hydrogen-bond donors (Lipinski definition) is 2. The van der Waals surface area contributed by atoms with Gasteiger partial charge in [0, 0.05) is 23.5 Å². The Morgan fingerprint density at radius 2 is 1.94 bits per heavy atom. The lowest BCUT2D eigenvalue weighted by Gasteiger charge is -2.09. The first kappa shape index (κ1) is 23.3. The number of rotatable bonds is 8. The highest BCUT2D eigenvalue weighted by molar-refractivity contribution is 8.01. The van der Waals surface area contributed by atoms with Crippen LogP contribution in [0.3, 0.4) is 0 Å². The minimum atomic E-state index is -4.76. The average molecular weight is 485 g/mol. The highest BCUT2D eigenvalue weighted by atomic mass is 32.2. The topological polar surface area (TPSA) is 119 Å². The zero-order valence-corrected chi connectivity index (χ0v) is 17.8. The molecular weight excluding hydrogens is 471 g/mol. The molecule has 0 spiro atoms. The summed E-state index contributed by atoms with van der Waals surface area (Å²) >= 11 is 2.30. The van der Waals surface area contributed by atoms with Crippen molar-refractivity contribution in [3.63, 3.8) is 0 Å². The Morgan fingerprint density at radius 3 is 2.56 bits per heavy atom. The van der Waals surface area contributed by atoms with Gasteiger partial charge in [-0.2, -0.15) is 0 Å². The van der Waals surface area contributed by atoms with E-state index in [1.165, 1.54) is 30.3 Å². The maximum atomic E-state index is 12.2. The van der Waals surface area contributed by atoms with E-state index >= 15 is 0 Å². The number of carbonyl (C=O) groups is 1. The number of nitrogens with zero attached hydrogens (tertiary/aromatic N) is 3. The second kappa shape index (κ2) is 9.82. The summed E-state index contributed by atoms with van der Waals surface area (Å²) in [5.74, 6) is -0.628. The highest BCUT2D eigenvalue weighted by Crippen LogP contribution is 2.29. The van der Waals surface area contributed by atoms with E-state index in [0.717, 1.165) is 35.2 Å². The van der Waals surface area contributed by atoms with Crippen molar-refractivity contribution in [2.24, 2.45) is 0 Å². The van der Waals surface area contributed by atoms with Crippen molar-refractivity contribution < 1.29 is 27.6 Å². The second-order valence-electron chi connectivity index (χ2n) is 6.16. The molecule has 14 heteroatoms. The summed E-state index contributed by atoms with van der Waals surface area (Å²) < 4.78 is 40.9. The van der Waals surface area contributed by atoms with E-state index in [-0.39, 0.29) is 23.1 Å². The third-order valence-corrected chi connectivity index (χ3v) is 5.74. The van der Waals surface area contributed by atoms with Crippen LogP contribution < -0.4 is 15.4 Å². The zero-order valence-electron chi connectivity index (χ0n) is 16.2. The van der Waals surface area contributed by atoms with Gasteiger partial charge in [-0.3, -0.25) is 14.9 Å². The number of non-ortho nitro benzene ring substituents is 1. The number of aromatic nitrogens is 2. The molecule has 0 radical (unpaired) electrons. The van der Waals surface area contributed by atoms with Crippen molar-refractivity contribution in [2.45, 2.75) is 17.6 Å². The van der Waals surface area contributed by atoms with Crippen molar-refractivity contribution in [1.29, 1.82) is 0 Å². The van der Waals surface area contributed by atoms with Gasteiger partial charge in [-0.05, 0) is 42.8 Å². The number of thioether (sulfide) groups is 1. The van der Waals surface area contributed by atoms with E-state index in [0.29, 0.717) is 26.4 Å². The van der Waals surface area contributed by atoms with E-state index in [1.807, 2.05) is 0 Å². The smallest absolute Gasteiger partial charge is 0.406 e. The standard InChI is InChI=1S/C18H14F3N5O4S2/c1-10-8-12(26(28)29)4-7-14(10)23-15(27)9-31-17-25-24-16(32-17)22-11-2-5-13(6-3-11)30-18(19,20)21/h2-8H,9H2,1H3,(H,22,24)(H,23,27). The van der Waals surface area contributed by atoms with Crippen LogP contribution in [0.15, 0.2) is 46.8 Å². The van der Waals surface area contributed by atoms with E-state index in [4.69, 9.17) is 0 Å². The van der Waals surface area contributed by atoms with E-state index in [2.05, 4.69) is 25.6 Å². The van der Waals surface area contributed by atoms with Crippen LogP contribution in [-0.2, 0) is 4.79 Å². The first-order valence-electron chi connectivity index (χ1n) is 8.73. The summed E-state index contributed by atoms with van der Waals surface area (Å²) in [6.07, 6.45) is -4.76. The number of aryl methyl sites for hydroxylation is 1. The molecule has 32 heavy (non-hydrogen) atoms. The quantitative estimate of drug-likeness (QED) is 0.256. The van der Waals surface area contributed by atoms with Crippen LogP contribution in [0.1, 0.15) is 5.56 Å². The van der Waals surface area contributed by atoms with Crippen LogP contribution in [0.5, 0.6) is 5.75 Å². The Labute approximate surface area is 187 Å². The van der Waals surface area contributed by atoms with Crippen LogP contribution in [0, 0.1) is 17.0 Å². The molecule has 1 amide bonds. The summed E-state index contributed by atoms with van der Waals surface area (Å²) in [6.45, 7) is 1.65. The minimum absolute atomic E-state index is 0.0362. The number of amides is 1. The second-order valence-corrected chi connectivity index (χ2v) is 8.36. The average Bonchev–Trinajstić information content (AvgIpc) is 3.15. The van der Waals surface area contributed by atoms with Gasteiger partial charge in [0.2, 0.25) is 11.0 Å². The third kappa shape index (κ3) is 6.81. The van der Waals surface area contributed by atoms with Crippen molar-refractivity contribution in [3.05, 3.63) is 58.1 Å². The maximum Gasteiger partial charge on any atom is 0.573 e. The number of benzene rings is 2. The molecule has 1 heterocycles. The van der Waals surface area contributed by atoms with Gasteiger partial charge < -0.3 is 15.4 Å². The fourth-order valence-electron chi connectivity index (χ4n) is 2.40. The number of nitrogens with one attached hydrogen (secondary N) is 2. The van der Waals surface area contributed by atoms with Gasteiger partial charge in [0.1, 0.15) is 5.75 Å². The molecular formula is C18H14F3N5O4S2. The maximum absolute atomic E-state index is 12.2. The van der Waals surface area contributed by atoms with Gasteiger partial charge in [-0.1, -0.05) is 23.1 Å².